The van der Waals surface area contributed by atoms with E-state index < -0.39 is 0 Å². The van der Waals surface area contributed by atoms with Crippen LogP contribution in [0.25, 0.3) is 0 Å². The lowest BCUT2D eigenvalue weighted by Crippen LogP contribution is -2.16. The van der Waals surface area contributed by atoms with Crippen molar-refractivity contribution in [3.63, 3.8) is 0 Å². The van der Waals surface area contributed by atoms with Gasteiger partial charge >= 0.3 is 0 Å². The standard InChI is InChI=1S/C25H32N6O5/c32-14-12-26-23-29-24(31-25(30-23)28-20-8-10-21(33)11-9-20)27-13-16-36-18-17-35-15-4-7-22(34)19-5-2-1-3-6-19/h1-3,5-6,8-11,32-33H,4,7,12-18H2,(H3,26,27,28,29,30,31). The zero-order valence-corrected chi connectivity index (χ0v) is 20.0. The molecular weight excluding hydrogens is 464 g/mol. The maximum absolute atomic E-state index is 12.0. The highest BCUT2D eigenvalue weighted by Crippen LogP contribution is 2.18. The molecule has 11 nitrogen and oxygen atoms in total. The van der Waals surface area contributed by atoms with Crippen LogP contribution in [0, 0.1) is 0 Å². The Bertz CT molecular complexity index is 1050. The van der Waals surface area contributed by atoms with Crippen LogP contribution in [0.5, 0.6) is 5.75 Å². The highest BCUT2D eigenvalue weighted by atomic mass is 16.5. The molecule has 0 aliphatic rings. The summed E-state index contributed by atoms with van der Waals surface area (Å²) < 4.78 is 11.1. The van der Waals surface area contributed by atoms with Crippen molar-refractivity contribution >= 4 is 29.3 Å². The Balaban J connectivity index is 1.33. The number of hydrogen-bond acceptors (Lipinski definition) is 11. The van der Waals surface area contributed by atoms with E-state index in [9.17, 15) is 9.90 Å². The molecule has 0 atom stereocenters. The summed E-state index contributed by atoms with van der Waals surface area (Å²) in [6.07, 6.45) is 1.13. The van der Waals surface area contributed by atoms with Crippen LogP contribution in [0.4, 0.5) is 23.5 Å². The van der Waals surface area contributed by atoms with E-state index in [0.29, 0.717) is 75.9 Å². The lowest BCUT2D eigenvalue weighted by atomic mass is 10.1. The van der Waals surface area contributed by atoms with Gasteiger partial charge in [0.25, 0.3) is 0 Å². The average Bonchev–Trinajstić information content (AvgIpc) is 2.90. The Morgan fingerprint density at radius 1 is 0.778 bits per heavy atom. The van der Waals surface area contributed by atoms with Crippen molar-refractivity contribution in [1.82, 2.24) is 15.0 Å². The number of Topliss-reactive ketones (excluding diaryl/α,β-unsaturated/α-hetero) is 1. The van der Waals surface area contributed by atoms with Crippen molar-refractivity contribution in [2.45, 2.75) is 12.8 Å². The fourth-order valence-corrected chi connectivity index (χ4v) is 3.09. The van der Waals surface area contributed by atoms with Gasteiger partial charge in [-0.3, -0.25) is 4.79 Å². The van der Waals surface area contributed by atoms with Gasteiger partial charge in [-0.25, -0.2) is 0 Å². The Hall–Kier alpha value is -3.80. The predicted molar refractivity (Wildman–Crippen MR) is 137 cm³/mol. The monoisotopic (exact) mass is 496 g/mol. The Kier molecular flexibility index (Phi) is 11.4. The number of aliphatic hydroxyl groups excluding tert-OH is 1. The van der Waals surface area contributed by atoms with Gasteiger partial charge in [0.2, 0.25) is 17.8 Å². The van der Waals surface area contributed by atoms with Gasteiger partial charge in [0.1, 0.15) is 5.75 Å². The van der Waals surface area contributed by atoms with E-state index >= 15 is 0 Å². The van der Waals surface area contributed by atoms with Crippen LogP contribution in [0.1, 0.15) is 23.2 Å². The molecule has 11 heteroatoms. The summed E-state index contributed by atoms with van der Waals surface area (Å²) in [5.41, 5.74) is 1.43. The van der Waals surface area contributed by atoms with Crippen LogP contribution < -0.4 is 16.0 Å². The zero-order valence-electron chi connectivity index (χ0n) is 20.0. The number of ether oxygens (including phenoxy) is 2. The second kappa shape index (κ2) is 15.2. The van der Waals surface area contributed by atoms with Gasteiger partial charge in [0.05, 0.1) is 26.4 Å². The number of carbonyl (C=O) groups excluding carboxylic acids is 1. The molecule has 0 saturated carbocycles. The molecule has 192 valence electrons. The molecule has 0 unspecified atom stereocenters. The third-order valence-corrected chi connectivity index (χ3v) is 4.84. The van der Waals surface area contributed by atoms with Gasteiger partial charge in [-0.2, -0.15) is 15.0 Å². The van der Waals surface area contributed by atoms with E-state index in [4.69, 9.17) is 14.6 Å². The maximum Gasteiger partial charge on any atom is 0.233 e. The quantitative estimate of drug-likeness (QED) is 0.107. The van der Waals surface area contributed by atoms with Crippen LogP contribution in [-0.2, 0) is 9.47 Å². The molecule has 1 heterocycles. The molecule has 0 aliphatic carbocycles. The Morgan fingerprint density at radius 3 is 2.11 bits per heavy atom. The number of hydrogen-bond donors (Lipinski definition) is 5. The normalized spacial score (nSPS) is 10.7. The predicted octanol–water partition coefficient (Wildman–Crippen LogP) is 2.83. The number of ketones is 1. The summed E-state index contributed by atoms with van der Waals surface area (Å²) in [4.78, 5) is 25.0. The van der Waals surface area contributed by atoms with Crippen molar-refractivity contribution < 1.29 is 24.5 Å². The molecule has 0 amide bonds. The molecule has 1 aromatic heterocycles. The van der Waals surface area contributed by atoms with Crippen LogP contribution in [0.2, 0.25) is 0 Å². The number of phenols is 1. The smallest absolute Gasteiger partial charge is 0.233 e. The average molecular weight is 497 g/mol. The van der Waals surface area contributed by atoms with Crippen molar-refractivity contribution in [2.24, 2.45) is 0 Å². The number of rotatable bonds is 17. The third kappa shape index (κ3) is 9.82. The molecule has 0 fully saturated rings. The van der Waals surface area contributed by atoms with E-state index in [1.807, 2.05) is 30.3 Å². The van der Waals surface area contributed by atoms with E-state index in [0.717, 1.165) is 5.56 Å². The highest BCUT2D eigenvalue weighted by molar-refractivity contribution is 5.95. The van der Waals surface area contributed by atoms with Gasteiger partial charge < -0.3 is 35.6 Å². The number of benzene rings is 2. The van der Waals surface area contributed by atoms with Crippen molar-refractivity contribution in [2.75, 3.05) is 62.1 Å². The number of aliphatic hydroxyl groups is 1. The number of nitrogens with zero attached hydrogens (tertiary/aromatic N) is 3. The molecule has 0 aliphatic heterocycles. The third-order valence-electron chi connectivity index (χ3n) is 4.84. The fraction of sp³-hybridized carbons (Fsp3) is 0.360. The zero-order chi connectivity index (χ0) is 25.4. The molecule has 5 N–H and O–H groups in total. The first-order chi connectivity index (χ1) is 17.6. The lowest BCUT2D eigenvalue weighted by molar-refractivity contribution is 0.0497. The first kappa shape index (κ1) is 26.8. The number of aromatic nitrogens is 3. The minimum atomic E-state index is -0.0611. The fourth-order valence-electron chi connectivity index (χ4n) is 3.09. The number of aromatic hydroxyl groups is 1. The summed E-state index contributed by atoms with van der Waals surface area (Å²) in [7, 11) is 0. The van der Waals surface area contributed by atoms with Gasteiger partial charge in [-0.15, -0.1) is 0 Å². The maximum atomic E-state index is 12.0. The largest absolute Gasteiger partial charge is 0.508 e. The molecule has 0 radical (unpaired) electrons. The van der Waals surface area contributed by atoms with Gasteiger partial charge in [-0.1, -0.05) is 30.3 Å². The van der Waals surface area contributed by atoms with Crippen LogP contribution in [0.3, 0.4) is 0 Å². The number of phenolic OH excluding ortho intramolecular Hbond substituents is 1. The first-order valence-electron chi connectivity index (χ1n) is 11.8. The van der Waals surface area contributed by atoms with E-state index in [1.165, 1.54) is 0 Å². The second-order valence-electron chi connectivity index (χ2n) is 7.67. The summed E-state index contributed by atoms with van der Waals surface area (Å²) in [6, 6.07) is 15.8. The molecule has 3 rings (SSSR count). The highest BCUT2D eigenvalue weighted by Gasteiger charge is 2.07. The molecule has 0 spiro atoms. The van der Waals surface area contributed by atoms with Gasteiger partial charge in [0.15, 0.2) is 5.78 Å². The van der Waals surface area contributed by atoms with Gasteiger partial charge in [-0.05, 0) is 30.7 Å². The van der Waals surface area contributed by atoms with Crippen molar-refractivity contribution in [1.29, 1.82) is 0 Å². The minimum absolute atomic E-state index is 0.0611. The van der Waals surface area contributed by atoms with Crippen LogP contribution in [-0.4, -0.2) is 77.1 Å². The SMILES string of the molecule is O=C(CCCOCCOCCNc1nc(NCCO)nc(Nc2ccc(O)cc2)n1)c1ccccc1. The number of anilines is 4. The summed E-state index contributed by atoms with van der Waals surface area (Å²) >= 11 is 0. The Morgan fingerprint density at radius 2 is 1.42 bits per heavy atom. The molecule has 36 heavy (non-hydrogen) atoms. The Labute approximate surface area is 209 Å². The van der Waals surface area contributed by atoms with E-state index in [-0.39, 0.29) is 18.1 Å². The summed E-state index contributed by atoms with van der Waals surface area (Å²) in [6.45, 7) is 2.50. The van der Waals surface area contributed by atoms with Crippen LogP contribution >= 0.6 is 0 Å². The van der Waals surface area contributed by atoms with E-state index in [2.05, 4.69) is 30.9 Å². The molecule has 0 bridgehead atoms. The summed E-state index contributed by atoms with van der Waals surface area (Å²) in [5, 5.41) is 27.6. The molecular formula is C25H32N6O5. The van der Waals surface area contributed by atoms with Crippen molar-refractivity contribution in [3.8, 4) is 5.75 Å². The van der Waals surface area contributed by atoms with Crippen molar-refractivity contribution in [3.05, 3.63) is 60.2 Å². The number of carbonyl (C=O) groups is 1. The first-order valence-corrected chi connectivity index (χ1v) is 11.8. The molecule has 0 saturated heterocycles. The lowest BCUT2D eigenvalue weighted by Gasteiger charge is -2.11. The topological polar surface area (TPSA) is 151 Å². The summed E-state index contributed by atoms with van der Waals surface area (Å²) in [5.74, 6) is 1.24. The minimum Gasteiger partial charge on any atom is -0.508 e. The van der Waals surface area contributed by atoms with Crippen LogP contribution in [0.15, 0.2) is 54.6 Å². The second-order valence-corrected chi connectivity index (χ2v) is 7.67. The number of nitrogens with one attached hydrogen (secondary N) is 3. The molecule has 3 aromatic rings. The molecule has 2 aromatic carbocycles. The van der Waals surface area contributed by atoms with E-state index in [1.54, 1.807) is 24.3 Å². The van der Waals surface area contributed by atoms with Gasteiger partial charge in [0, 0.05) is 37.4 Å².